The van der Waals surface area contributed by atoms with Crippen molar-refractivity contribution in [3.63, 3.8) is 0 Å². The van der Waals surface area contributed by atoms with Crippen LogP contribution in [0.25, 0.3) is 0 Å². The van der Waals surface area contributed by atoms with Gasteiger partial charge in [0.05, 0.1) is 0 Å². The topological polar surface area (TPSA) is 71.5 Å². The van der Waals surface area contributed by atoms with Crippen LogP contribution in [0.1, 0.15) is 23.2 Å². The molecule has 0 saturated carbocycles. The summed E-state index contributed by atoms with van der Waals surface area (Å²) in [5, 5.41) is 12.2. The minimum absolute atomic E-state index is 0.191. The summed E-state index contributed by atoms with van der Waals surface area (Å²) in [6.07, 6.45) is 3.61. The SMILES string of the molecule is O=C(O)c1cc(Br)cnc1NCC1CCOCC1. The Morgan fingerprint density at radius 3 is 2.94 bits per heavy atom. The normalized spacial score (nSPS) is 16.5. The van der Waals surface area contributed by atoms with E-state index in [9.17, 15) is 4.79 Å². The van der Waals surface area contributed by atoms with Gasteiger partial charge in [-0.3, -0.25) is 0 Å². The second-order valence-electron chi connectivity index (χ2n) is 4.29. The molecule has 0 bridgehead atoms. The summed E-state index contributed by atoms with van der Waals surface area (Å²) < 4.78 is 5.95. The molecule has 1 fully saturated rings. The van der Waals surface area contributed by atoms with E-state index >= 15 is 0 Å². The Morgan fingerprint density at radius 1 is 1.56 bits per heavy atom. The average Bonchev–Trinajstić information content (AvgIpc) is 2.38. The Hall–Kier alpha value is -1.14. The number of ether oxygens (including phenoxy) is 1. The van der Waals surface area contributed by atoms with Crippen LogP contribution in [0.3, 0.4) is 0 Å². The molecule has 5 nitrogen and oxygen atoms in total. The fraction of sp³-hybridized carbons (Fsp3) is 0.500. The zero-order valence-electron chi connectivity index (χ0n) is 9.86. The van der Waals surface area contributed by atoms with Crippen molar-refractivity contribution in [1.29, 1.82) is 0 Å². The summed E-state index contributed by atoms with van der Waals surface area (Å²) >= 11 is 3.22. The zero-order valence-corrected chi connectivity index (χ0v) is 11.4. The molecule has 0 aliphatic carbocycles. The first-order valence-electron chi connectivity index (χ1n) is 5.87. The van der Waals surface area contributed by atoms with E-state index in [2.05, 4.69) is 26.2 Å². The maximum Gasteiger partial charge on any atom is 0.339 e. The first kappa shape index (κ1) is 13.3. The predicted octanol–water partition coefficient (Wildman–Crippen LogP) is 2.38. The number of aromatic nitrogens is 1. The van der Waals surface area contributed by atoms with Crippen LogP contribution in [0.2, 0.25) is 0 Å². The summed E-state index contributed by atoms with van der Waals surface area (Å²) in [4.78, 5) is 15.2. The van der Waals surface area contributed by atoms with E-state index in [0.717, 1.165) is 32.6 Å². The summed E-state index contributed by atoms with van der Waals surface area (Å²) in [6, 6.07) is 1.56. The smallest absolute Gasteiger partial charge is 0.339 e. The van der Waals surface area contributed by atoms with E-state index in [0.29, 0.717) is 16.2 Å². The average molecular weight is 315 g/mol. The van der Waals surface area contributed by atoms with Crippen LogP contribution in [0.15, 0.2) is 16.7 Å². The van der Waals surface area contributed by atoms with Gasteiger partial charge in [-0.15, -0.1) is 0 Å². The van der Waals surface area contributed by atoms with Gasteiger partial charge in [0, 0.05) is 30.4 Å². The van der Waals surface area contributed by atoms with Crippen molar-refractivity contribution in [1.82, 2.24) is 4.98 Å². The van der Waals surface area contributed by atoms with Crippen molar-refractivity contribution < 1.29 is 14.6 Å². The molecule has 1 aromatic rings. The van der Waals surface area contributed by atoms with Gasteiger partial charge in [-0.2, -0.15) is 0 Å². The van der Waals surface area contributed by atoms with Crippen molar-refractivity contribution in [3.8, 4) is 0 Å². The van der Waals surface area contributed by atoms with Gasteiger partial charge >= 0.3 is 5.97 Å². The predicted molar refractivity (Wildman–Crippen MR) is 70.9 cm³/mol. The van der Waals surface area contributed by atoms with Crippen LogP contribution < -0.4 is 5.32 Å². The minimum atomic E-state index is -0.974. The third-order valence-electron chi connectivity index (χ3n) is 2.98. The lowest BCUT2D eigenvalue weighted by molar-refractivity contribution is 0.0688. The highest BCUT2D eigenvalue weighted by atomic mass is 79.9. The maximum absolute atomic E-state index is 11.1. The highest BCUT2D eigenvalue weighted by Crippen LogP contribution is 2.20. The molecule has 1 saturated heterocycles. The summed E-state index contributed by atoms with van der Waals surface area (Å²) in [6.45, 7) is 2.30. The van der Waals surface area contributed by atoms with Gasteiger partial charge in [0.25, 0.3) is 0 Å². The standard InChI is InChI=1S/C12H15BrN2O3/c13-9-5-10(12(16)17)11(15-7-9)14-6-8-1-3-18-4-2-8/h5,7-8H,1-4,6H2,(H,14,15)(H,16,17). The van der Waals surface area contributed by atoms with Gasteiger partial charge in [0.1, 0.15) is 11.4 Å². The van der Waals surface area contributed by atoms with Gasteiger partial charge in [0.15, 0.2) is 0 Å². The molecule has 2 heterocycles. The van der Waals surface area contributed by atoms with E-state index in [-0.39, 0.29) is 5.56 Å². The van der Waals surface area contributed by atoms with Crippen LogP contribution in [-0.4, -0.2) is 35.8 Å². The van der Waals surface area contributed by atoms with Crippen LogP contribution in [0.5, 0.6) is 0 Å². The van der Waals surface area contributed by atoms with Gasteiger partial charge < -0.3 is 15.2 Å². The van der Waals surface area contributed by atoms with Crippen molar-refractivity contribution in [2.45, 2.75) is 12.8 Å². The van der Waals surface area contributed by atoms with E-state index in [4.69, 9.17) is 9.84 Å². The molecule has 98 valence electrons. The van der Waals surface area contributed by atoms with E-state index in [1.54, 1.807) is 12.3 Å². The van der Waals surface area contributed by atoms with Gasteiger partial charge in [-0.25, -0.2) is 9.78 Å². The number of hydrogen-bond acceptors (Lipinski definition) is 4. The molecule has 2 N–H and O–H groups in total. The molecule has 18 heavy (non-hydrogen) atoms. The monoisotopic (exact) mass is 314 g/mol. The fourth-order valence-electron chi connectivity index (χ4n) is 1.93. The first-order chi connectivity index (χ1) is 8.66. The Kier molecular flexibility index (Phi) is 4.54. The highest BCUT2D eigenvalue weighted by Gasteiger charge is 2.16. The number of halogens is 1. The Balaban J connectivity index is 2.01. The third kappa shape index (κ3) is 3.43. The van der Waals surface area contributed by atoms with E-state index < -0.39 is 5.97 Å². The van der Waals surface area contributed by atoms with E-state index in [1.807, 2.05) is 0 Å². The number of carboxylic acids is 1. The molecule has 0 radical (unpaired) electrons. The lowest BCUT2D eigenvalue weighted by Crippen LogP contribution is -2.23. The Labute approximate surface area is 114 Å². The van der Waals surface area contributed by atoms with Crippen LogP contribution in [-0.2, 0) is 4.74 Å². The lowest BCUT2D eigenvalue weighted by Gasteiger charge is -2.22. The third-order valence-corrected chi connectivity index (χ3v) is 3.42. The number of nitrogens with zero attached hydrogens (tertiary/aromatic N) is 1. The second kappa shape index (κ2) is 6.15. The van der Waals surface area contributed by atoms with Crippen molar-refractivity contribution in [3.05, 3.63) is 22.3 Å². The number of aromatic carboxylic acids is 1. The number of nitrogens with one attached hydrogen (secondary N) is 1. The van der Waals surface area contributed by atoms with Crippen molar-refractivity contribution in [2.24, 2.45) is 5.92 Å². The molecule has 0 spiro atoms. The van der Waals surface area contributed by atoms with Gasteiger partial charge in [-0.05, 0) is 40.8 Å². The van der Waals surface area contributed by atoms with Gasteiger partial charge in [0.2, 0.25) is 0 Å². The molecule has 0 unspecified atom stereocenters. The maximum atomic E-state index is 11.1. The number of carboxylic acid groups (broad SMARTS) is 1. The van der Waals surface area contributed by atoms with Crippen molar-refractivity contribution in [2.75, 3.05) is 25.1 Å². The van der Waals surface area contributed by atoms with E-state index in [1.165, 1.54) is 0 Å². The fourth-order valence-corrected chi connectivity index (χ4v) is 2.27. The lowest BCUT2D eigenvalue weighted by atomic mass is 10.0. The Bertz CT molecular complexity index is 433. The number of anilines is 1. The molecule has 0 aromatic carbocycles. The molecular formula is C12H15BrN2O3. The largest absolute Gasteiger partial charge is 0.478 e. The molecule has 1 aromatic heterocycles. The molecule has 0 amide bonds. The quantitative estimate of drug-likeness (QED) is 0.892. The molecular weight excluding hydrogens is 300 g/mol. The highest BCUT2D eigenvalue weighted by molar-refractivity contribution is 9.10. The van der Waals surface area contributed by atoms with Crippen LogP contribution in [0, 0.1) is 5.92 Å². The summed E-state index contributed by atoms with van der Waals surface area (Å²) in [5.41, 5.74) is 0.191. The first-order valence-corrected chi connectivity index (χ1v) is 6.66. The Morgan fingerprint density at radius 2 is 2.28 bits per heavy atom. The van der Waals surface area contributed by atoms with Crippen LogP contribution >= 0.6 is 15.9 Å². The van der Waals surface area contributed by atoms with Gasteiger partial charge in [-0.1, -0.05) is 0 Å². The van der Waals surface area contributed by atoms with Crippen molar-refractivity contribution >= 4 is 27.7 Å². The molecule has 1 aliphatic heterocycles. The number of rotatable bonds is 4. The molecule has 2 rings (SSSR count). The number of pyridine rings is 1. The minimum Gasteiger partial charge on any atom is -0.478 e. The number of carbonyl (C=O) groups is 1. The second-order valence-corrected chi connectivity index (χ2v) is 5.21. The summed E-state index contributed by atoms with van der Waals surface area (Å²) in [5.74, 6) is -0.0266. The molecule has 6 heteroatoms. The molecule has 1 aliphatic rings. The van der Waals surface area contributed by atoms with Crippen LogP contribution in [0.4, 0.5) is 5.82 Å². The molecule has 0 atom stereocenters. The zero-order chi connectivity index (χ0) is 13.0. The summed E-state index contributed by atoms with van der Waals surface area (Å²) in [7, 11) is 0. The number of hydrogen-bond donors (Lipinski definition) is 2.